The van der Waals surface area contributed by atoms with Gasteiger partial charge in [-0.3, -0.25) is 4.79 Å². The van der Waals surface area contributed by atoms with Gasteiger partial charge in [0.2, 0.25) is 0 Å². The second kappa shape index (κ2) is 6.84. The number of nitrogens with one attached hydrogen (secondary N) is 1. The summed E-state index contributed by atoms with van der Waals surface area (Å²) in [5.41, 5.74) is 2.17. The molecule has 2 heterocycles. The van der Waals surface area contributed by atoms with Crippen molar-refractivity contribution in [3.63, 3.8) is 0 Å². The van der Waals surface area contributed by atoms with Gasteiger partial charge in [0.15, 0.2) is 0 Å². The molecule has 1 amide bonds. The minimum Gasteiger partial charge on any atom is -0.306 e. The van der Waals surface area contributed by atoms with Crippen LogP contribution in [0.15, 0.2) is 54.9 Å². The number of hydrogen-bond acceptors (Lipinski definition) is 3. The first-order valence-corrected chi connectivity index (χ1v) is 8.00. The highest BCUT2D eigenvalue weighted by Crippen LogP contribution is 2.25. The Morgan fingerprint density at radius 2 is 2.04 bits per heavy atom. The van der Waals surface area contributed by atoms with Gasteiger partial charge in [-0.15, -0.1) is 0 Å². The van der Waals surface area contributed by atoms with E-state index in [1.54, 1.807) is 35.3 Å². The van der Waals surface area contributed by atoms with Crippen LogP contribution in [0.25, 0.3) is 5.69 Å². The zero-order valence-electron chi connectivity index (χ0n) is 13.4. The predicted octanol–water partition coefficient (Wildman–Crippen LogP) is 4.30. The zero-order chi connectivity index (χ0) is 17.1. The fraction of sp³-hybridized carbons (Fsp3) is 0.167. The lowest BCUT2D eigenvalue weighted by molar-refractivity contribution is 0.102. The van der Waals surface area contributed by atoms with Gasteiger partial charge in [-0.1, -0.05) is 37.6 Å². The SMILES string of the molecule is CC(C)c1c(C(=O)Nc2ccccn2)cnn1-c1cccc(Cl)c1. The van der Waals surface area contributed by atoms with Gasteiger partial charge in [0.25, 0.3) is 5.91 Å². The van der Waals surface area contributed by atoms with E-state index in [0.29, 0.717) is 16.4 Å². The van der Waals surface area contributed by atoms with Crippen LogP contribution < -0.4 is 5.32 Å². The number of carbonyl (C=O) groups excluding carboxylic acids is 1. The first-order valence-electron chi connectivity index (χ1n) is 7.62. The Labute approximate surface area is 145 Å². The van der Waals surface area contributed by atoms with Crippen LogP contribution in [-0.4, -0.2) is 20.7 Å². The topological polar surface area (TPSA) is 59.8 Å². The van der Waals surface area contributed by atoms with Crippen molar-refractivity contribution < 1.29 is 4.79 Å². The molecular formula is C18H17ClN4O. The molecule has 0 aliphatic rings. The van der Waals surface area contributed by atoms with Crippen molar-refractivity contribution in [2.24, 2.45) is 0 Å². The summed E-state index contributed by atoms with van der Waals surface area (Å²) in [7, 11) is 0. The molecule has 0 saturated heterocycles. The maximum absolute atomic E-state index is 12.6. The molecule has 0 bridgehead atoms. The standard InChI is InChI=1S/C18H17ClN4O/c1-12(2)17-15(18(24)22-16-8-3-4-9-20-16)11-21-23(17)14-7-5-6-13(19)10-14/h3-12H,1-2H3,(H,20,22,24). The summed E-state index contributed by atoms with van der Waals surface area (Å²) in [5, 5.41) is 7.81. The van der Waals surface area contributed by atoms with Gasteiger partial charge in [0.1, 0.15) is 5.82 Å². The summed E-state index contributed by atoms with van der Waals surface area (Å²) < 4.78 is 1.75. The van der Waals surface area contributed by atoms with Crippen LogP contribution in [0.2, 0.25) is 5.02 Å². The molecule has 1 aromatic carbocycles. The van der Waals surface area contributed by atoms with Crippen LogP contribution in [-0.2, 0) is 0 Å². The van der Waals surface area contributed by atoms with Gasteiger partial charge in [-0.25, -0.2) is 9.67 Å². The molecule has 0 aliphatic heterocycles. The summed E-state index contributed by atoms with van der Waals surface area (Å²) in [6.07, 6.45) is 3.21. The van der Waals surface area contributed by atoms with E-state index in [4.69, 9.17) is 11.6 Å². The second-order valence-corrected chi connectivity index (χ2v) is 6.10. The largest absolute Gasteiger partial charge is 0.306 e. The number of amides is 1. The Kier molecular flexibility index (Phi) is 4.62. The average Bonchev–Trinajstić information content (AvgIpc) is 3.01. The van der Waals surface area contributed by atoms with Gasteiger partial charge in [0, 0.05) is 11.2 Å². The van der Waals surface area contributed by atoms with Crippen LogP contribution in [0.5, 0.6) is 0 Å². The molecule has 0 aliphatic carbocycles. The average molecular weight is 341 g/mol. The van der Waals surface area contributed by atoms with Crippen LogP contribution in [0, 0.1) is 0 Å². The van der Waals surface area contributed by atoms with Gasteiger partial charge in [0.05, 0.1) is 23.1 Å². The molecule has 0 unspecified atom stereocenters. The molecule has 24 heavy (non-hydrogen) atoms. The normalized spacial score (nSPS) is 10.8. The predicted molar refractivity (Wildman–Crippen MR) is 94.9 cm³/mol. The second-order valence-electron chi connectivity index (χ2n) is 5.66. The third-order valence-corrected chi connectivity index (χ3v) is 3.79. The van der Waals surface area contributed by atoms with Gasteiger partial charge in [-0.2, -0.15) is 5.10 Å². The van der Waals surface area contributed by atoms with E-state index in [9.17, 15) is 4.79 Å². The van der Waals surface area contributed by atoms with Crippen molar-refractivity contribution in [1.29, 1.82) is 0 Å². The van der Waals surface area contributed by atoms with Crippen LogP contribution in [0.4, 0.5) is 5.82 Å². The lowest BCUT2D eigenvalue weighted by Gasteiger charge is -2.13. The summed E-state index contributed by atoms with van der Waals surface area (Å²) in [6.45, 7) is 4.05. The maximum atomic E-state index is 12.6. The molecule has 122 valence electrons. The molecule has 6 heteroatoms. The van der Waals surface area contributed by atoms with Crippen molar-refractivity contribution in [2.75, 3.05) is 5.32 Å². The molecule has 0 radical (unpaired) electrons. The monoisotopic (exact) mass is 340 g/mol. The maximum Gasteiger partial charge on any atom is 0.260 e. The van der Waals surface area contributed by atoms with Crippen LogP contribution >= 0.6 is 11.6 Å². The van der Waals surface area contributed by atoms with Gasteiger partial charge >= 0.3 is 0 Å². The number of halogens is 1. The molecular weight excluding hydrogens is 324 g/mol. The van der Waals surface area contributed by atoms with E-state index < -0.39 is 0 Å². The fourth-order valence-electron chi connectivity index (χ4n) is 2.52. The van der Waals surface area contributed by atoms with Gasteiger partial charge in [-0.05, 0) is 36.2 Å². The number of pyridine rings is 1. The third-order valence-electron chi connectivity index (χ3n) is 3.56. The van der Waals surface area contributed by atoms with Crippen molar-refractivity contribution in [1.82, 2.24) is 14.8 Å². The van der Waals surface area contributed by atoms with Crippen LogP contribution in [0.1, 0.15) is 35.8 Å². The summed E-state index contributed by atoms with van der Waals surface area (Å²) in [4.78, 5) is 16.7. The first-order chi connectivity index (χ1) is 11.6. The lowest BCUT2D eigenvalue weighted by atomic mass is 10.1. The summed E-state index contributed by atoms with van der Waals surface area (Å²) in [5.74, 6) is 0.384. The Hall–Kier alpha value is -2.66. The third kappa shape index (κ3) is 3.31. The molecule has 0 atom stereocenters. The van der Waals surface area contributed by atoms with E-state index in [0.717, 1.165) is 11.4 Å². The Balaban J connectivity index is 1.99. The molecule has 3 rings (SSSR count). The highest BCUT2D eigenvalue weighted by Gasteiger charge is 2.21. The highest BCUT2D eigenvalue weighted by molar-refractivity contribution is 6.30. The van der Waals surface area contributed by atoms with E-state index in [1.165, 1.54) is 0 Å². The summed E-state index contributed by atoms with van der Waals surface area (Å²) >= 11 is 6.07. The van der Waals surface area contributed by atoms with Crippen molar-refractivity contribution in [3.8, 4) is 5.69 Å². The number of anilines is 1. The summed E-state index contributed by atoms with van der Waals surface area (Å²) in [6, 6.07) is 12.8. The minimum atomic E-state index is -0.231. The van der Waals surface area contributed by atoms with Crippen molar-refractivity contribution in [2.45, 2.75) is 19.8 Å². The molecule has 2 aromatic heterocycles. The van der Waals surface area contributed by atoms with E-state index in [1.807, 2.05) is 38.1 Å². The Morgan fingerprint density at radius 3 is 2.71 bits per heavy atom. The lowest BCUT2D eigenvalue weighted by Crippen LogP contribution is -2.16. The molecule has 0 spiro atoms. The minimum absolute atomic E-state index is 0.107. The van der Waals surface area contributed by atoms with Crippen LogP contribution in [0.3, 0.4) is 0 Å². The quantitative estimate of drug-likeness (QED) is 0.770. The first kappa shape index (κ1) is 16.2. The number of rotatable bonds is 4. The Bertz CT molecular complexity index is 858. The number of aromatic nitrogens is 3. The fourth-order valence-corrected chi connectivity index (χ4v) is 2.71. The number of nitrogens with zero attached hydrogens (tertiary/aromatic N) is 3. The molecule has 5 nitrogen and oxygen atoms in total. The molecule has 3 aromatic rings. The van der Waals surface area contributed by atoms with E-state index in [-0.39, 0.29) is 11.8 Å². The smallest absolute Gasteiger partial charge is 0.260 e. The number of hydrogen-bond donors (Lipinski definition) is 1. The zero-order valence-corrected chi connectivity index (χ0v) is 14.2. The molecule has 0 saturated carbocycles. The Morgan fingerprint density at radius 1 is 1.21 bits per heavy atom. The highest BCUT2D eigenvalue weighted by atomic mass is 35.5. The van der Waals surface area contributed by atoms with E-state index >= 15 is 0 Å². The van der Waals surface area contributed by atoms with Crippen molar-refractivity contribution in [3.05, 3.63) is 71.1 Å². The molecule has 0 fully saturated rings. The van der Waals surface area contributed by atoms with Gasteiger partial charge < -0.3 is 5.32 Å². The number of benzene rings is 1. The van der Waals surface area contributed by atoms with E-state index in [2.05, 4.69) is 15.4 Å². The van der Waals surface area contributed by atoms with Crippen molar-refractivity contribution >= 4 is 23.3 Å². The number of carbonyl (C=O) groups is 1. The molecule has 1 N–H and O–H groups in total.